The van der Waals surface area contributed by atoms with Crippen LogP contribution >= 0.6 is 15.9 Å². The number of amides is 1. The van der Waals surface area contributed by atoms with Crippen LogP contribution in [-0.2, 0) is 9.47 Å². The fourth-order valence-corrected chi connectivity index (χ4v) is 5.14. The summed E-state index contributed by atoms with van der Waals surface area (Å²) in [6, 6.07) is 11.4. The first-order valence-electron chi connectivity index (χ1n) is 11.5. The summed E-state index contributed by atoms with van der Waals surface area (Å²) in [5.74, 6) is -0.665. The van der Waals surface area contributed by atoms with Gasteiger partial charge >= 0.3 is 5.97 Å². The largest absolute Gasteiger partial charge is 0.465 e. The monoisotopic (exact) mass is 540 g/mol. The summed E-state index contributed by atoms with van der Waals surface area (Å²) in [6.07, 6.45) is 0.746. The van der Waals surface area contributed by atoms with Crippen LogP contribution in [0.15, 0.2) is 56.1 Å². The molecule has 1 aromatic heterocycles. The van der Waals surface area contributed by atoms with E-state index in [1.807, 2.05) is 0 Å². The molecule has 0 spiro atoms. The van der Waals surface area contributed by atoms with Gasteiger partial charge in [0.1, 0.15) is 5.58 Å². The highest BCUT2D eigenvalue weighted by atomic mass is 79.9. The van der Waals surface area contributed by atoms with Crippen LogP contribution in [0.1, 0.15) is 44.5 Å². The Kier molecular flexibility index (Phi) is 6.73. The molecule has 1 atom stereocenters. The number of carbonyl (C=O) groups is 2. The molecule has 1 saturated heterocycles. The molecule has 0 N–H and O–H groups in total. The van der Waals surface area contributed by atoms with Crippen LogP contribution in [0, 0.1) is 0 Å². The van der Waals surface area contributed by atoms with Gasteiger partial charge in [0.05, 0.1) is 42.9 Å². The van der Waals surface area contributed by atoms with Crippen molar-refractivity contribution in [1.29, 1.82) is 0 Å². The third-order valence-electron chi connectivity index (χ3n) is 6.55. The van der Waals surface area contributed by atoms with Crippen molar-refractivity contribution >= 4 is 38.8 Å². The SMILES string of the molecule is COC(=O)c1ccc(C2c3c(oc4ccc(Br)cc4c3=O)C(=O)N2CCCN2CCOCC2)cc1. The molecule has 35 heavy (non-hydrogen) atoms. The fourth-order valence-electron chi connectivity index (χ4n) is 4.78. The maximum absolute atomic E-state index is 13.6. The van der Waals surface area contributed by atoms with Gasteiger partial charge in [-0.3, -0.25) is 14.5 Å². The normalized spacial score (nSPS) is 18.2. The number of benzene rings is 2. The molecular weight excluding hydrogens is 516 g/mol. The topological polar surface area (TPSA) is 89.3 Å². The van der Waals surface area contributed by atoms with Crippen LogP contribution in [0.4, 0.5) is 0 Å². The van der Waals surface area contributed by atoms with Gasteiger partial charge in [0.2, 0.25) is 5.76 Å². The Morgan fingerprint density at radius 1 is 1.09 bits per heavy atom. The number of nitrogens with zero attached hydrogens (tertiary/aromatic N) is 2. The van der Waals surface area contributed by atoms with Gasteiger partial charge in [0.15, 0.2) is 5.43 Å². The summed E-state index contributed by atoms with van der Waals surface area (Å²) in [6.45, 7) is 4.45. The molecule has 1 amide bonds. The first-order chi connectivity index (χ1) is 17.0. The zero-order chi connectivity index (χ0) is 24.5. The van der Waals surface area contributed by atoms with Crippen molar-refractivity contribution in [1.82, 2.24) is 9.80 Å². The van der Waals surface area contributed by atoms with E-state index in [0.29, 0.717) is 41.9 Å². The standard InChI is InChI=1S/C26H25BrN2O6/c1-33-26(32)17-5-3-16(4-6-17)22-21-23(30)19-15-18(27)7-8-20(19)35-24(21)25(31)29(22)10-2-9-28-11-13-34-14-12-28/h3-8,15,22H,2,9-14H2,1H3. The molecule has 3 heterocycles. The number of methoxy groups -OCH3 is 1. The number of esters is 1. The molecule has 0 aliphatic carbocycles. The van der Waals surface area contributed by atoms with Gasteiger partial charge in [-0.05, 0) is 42.3 Å². The van der Waals surface area contributed by atoms with Crippen LogP contribution in [0.3, 0.4) is 0 Å². The van der Waals surface area contributed by atoms with Crippen molar-refractivity contribution in [3.8, 4) is 0 Å². The zero-order valence-electron chi connectivity index (χ0n) is 19.3. The van der Waals surface area contributed by atoms with Crippen molar-refractivity contribution < 1.29 is 23.5 Å². The van der Waals surface area contributed by atoms with Crippen LogP contribution in [0.25, 0.3) is 11.0 Å². The highest BCUT2D eigenvalue weighted by molar-refractivity contribution is 9.10. The molecule has 5 rings (SSSR count). The summed E-state index contributed by atoms with van der Waals surface area (Å²) < 4.78 is 17.0. The highest BCUT2D eigenvalue weighted by Gasteiger charge is 2.42. The Balaban J connectivity index is 1.53. The highest BCUT2D eigenvalue weighted by Crippen LogP contribution is 2.38. The predicted molar refractivity (Wildman–Crippen MR) is 133 cm³/mol. The fraction of sp³-hybridized carbons (Fsp3) is 0.346. The summed E-state index contributed by atoms with van der Waals surface area (Å²) in [5, 5.41) is 0.414. The summed E-state index contributed by atoms with van der Waals surface area (Å²) in [4.78, 5) is 43.1. The molecule has 2 aliphatic rings. The Labute approximate surface area is 210 Å². The third-order valence-corrected chi connectivity index (χ3v) is 7.05. The number of morpholine rings is 1. The molecule has 8 nitrogen and oxygen atoms in total. The Hall–Kier alpha value is -3.01. The Morgan fingerprint density at radius 3 is 2.54 bits per heavy atom. The number of ether oxygens (including phenoxy) is 2. The zero-order valence-corrected chi connectivity index (χ0v) is 20.9. The van der Waals surface area contributed by atoms with Gasteiger partial charge < -0.3 is 18.8 Å². The average Bonchev–Trinajstić information content (AvgIpc) is 3.16. The van der Waals surface area contributed by atoms with Gasteiger partial charge in [-0.2, -0.15) is 0 Å². The molecule has 1 unspecified atom stereocenters. The first kappa shape index (κ1) is 23.7. The van der Waals surface area contributed by atoms with Crippen molar-refractivity contribution in [2.75, 3.05) is 46.5 Å². The molecular formula is C26H25BrN2O6. The van der Waals surface area contributed by atoms with Gasteiger partial charge in [-0.25, -0.2) is 4.79 Å². The van der Waals surface area contributed by atoms with Gasteiger partial charge in [-0.15, -0.1) is 0 Å². The number of hydrogen-bond donors (Lipinski definition) is 0. The Bertz CT molecular complexity index is 1330. The van der Waals surface area contributed by atoms with Crippen molar-refractivity contribution in [3.63, 3.8) is 0 Å². The lowest BCUT2D eigenvalue weighted by Gasteiger charge is -2.29. The van der Waals surface area contributed by atoms with Crippen LogP contribution in [0.5, 0.6) is 0 Å². The minimum atomic E-state index is -0.603. The molecule has 0 saturated carbocycles. The predicted octanol–water partition coefficient (Wildman–Crippen LogP) is 3.61. The van der Waals surface area contributed by atoms with E-state index >= 15 is 0 Å². The molecule has 182 valence electrons. The van der Waals surface area contributed by atoms with E-state index in [9.17, 15) is 14.4 Å². The second-order valence-electron chi connectivity index (χ2n) is 8.64. The second-order valence-corrected chi connectivity index (χ2v) is 9.55. The van der Waals surface area contributed by atoms with Crippen LogP contribution in [0.2, 0.25) is 0 Å². The number of fused-ring (bicyclic) bond motifs is 2. The number of halogens is 1. The van der Waals surface area contributed by atoms with E-state index < -0.39 is 12.0 Å². The van der Waals surface area contributed by atoms with E-state index in [0.717, 1.165) is 36.1 Å². The van der Waals surface area contributed by atoms with E-state index in [-0.39, 0.29) is 17.1 Å². The van der Waals surface area contributed by atoms with Crippen molar-refractivity contribution in [2.45, 2.75) is 12.5 Å². The molecule has 3 aromatic rings. The van der Waals surface area contributed by atoms with Crippen LogP contribution < -0.4 is 5.43 Å². The van der Waals surface area contributed by atoms with E-state index in [1.54, 1.807) is 47.4 Å². The minimum absolute atomic E-state index is 0.0817. The second kappa shape index (κ2) is 9.93. The lowest BCUT2D eigenvalue weighted by atomic mass is 9.97. The lowest BCUT2D eigenvalue weighted by molar-refractivity contribution is 0.0353. The molecule has 1 fully saturated rings. The first-order valence-corrected chi connectivity index (χ1v) is 12.3. The maximum Gasteiger partial charge on any atom is 0.337 e. The summed E-state index contributed by atoms with van der Waals surface area (Å²) >= 11 is 3.42. The van der Waals surface area contributed by atoms with E-state index in [2.05, 4.69) is 20.8 Å². The van der Waals surface area contributed by atoms with Gasteiger partial charge in [0.25, 0.3) is 5.91 Å². The van der Waals surface area contributed by atoms with E-state index in [1.165, 1.54) is 7.11 Å². The quantitative estimate of drug-likeness (QED) is 0.441. The smallest absolute Gasteiger partial charge is 0.337 e. The number of rotatable bonds is 6. The Morgan fingerprint density at radius 2 is 1.83 bits per heavy atom. The van der Waals surface area contributed by atoms with Gasteiger partial charge in [0, 0.05) is 30.7 Å². The summed E-state index contributed by atoms with van der Waals surface area (Å²) in [7, 11) is 1.33. The molecule has 2 aromatic carbocycles. The van der Waals surface area contributed by atoms with Crippen LogP contribution in [-0.4, -0.2) is 68.2 Å². The third kappa shape index (κ3) is 4.51. The molecule has 2 aliphatic heterocycles. The lowest BCUT2D eigenvalue weighted by Crippen LogP contribution is -2.38. The number of hydrogen-bond acceptors (Lipinski definition) is 7. The van der Waals surface area contributed by atoms with Gasteiger partial charge in [-0.1, -0.05) is 28.1 Å². The van der Waals surface area contributed by atoms with Crippen molar-refractivity contribution in [3.05, 3.63) is 79.6 Å². The maximum atomic E-state index is 13.6. The van der Waals surface area contributed by atoms with E-state index in [4.69, 9.17) is 13.9 Å². The minimum Gasteiger partial charge on any atom is -0.465 e. The van der Waals surface area contributed by atoms with Crippen molar-refractivity contribution in [2.24, 2.45) is 0 Å². The average molecular weight is 541 g/mol. The summed E-state index contributed by atoms with van der Waals surface area (Å²) in [5.41, 5.74) is 1.61. The molecule has 0 radical (unpaired) electrons. The molecule has 9 heteroatoms. The number of carbonyl (C=O) groups excluding carboxylic acids is 2. The molecule has 0 bridgehead atoms.